The molecule has 1 fully saturated rings. The Bertz CT molecular complexity index is 170. The van der Waals surface area contributed by atoms with Crippen LogP contribution >= 0.6 is 0 Å². The molecule has 4 heteroatoms. The largest absolute Gasteiger partial charge is 0.385 e. The number of nitrogens with two attached hydrogens (primary N) is 1. The molecular weight excluding hydrogens is 192 g/mol. The van der Waals surface area contributed by atoms with Crippen LogP contribution in [0.1, 0.15) is 19.3 Å². The van der Waals surface area contributed by atoms with Gasteiger partial charge in [-0.2, -0.15) is 0 Å². The molecule has 2 N–H and O–H groups in total. The van der Waals surface area contributed by atoms with Gasteiger partial charge in [0.15, 0.2) is 0 Å². The number of hydrogen-bond acceptors (Lipinski definition) is 4. The van der Waals surface area contributed by atoms with Gasteiger partial charge in [0.2, 0.25) is 0 Å². The fraction of sp³-hybridized carbons (Fsp3) is 1.00. The Balaban J connectivity index is 2.20. The SMILES string of the molecule is COCCCN(C)CC1(N)CCOCC1. The highest BCUT2D eigenvalue weighted by Gasteiger charge is 2.28. The molecule has 0 aromatic heterocycles. The molecule has 0 aromatic rings. The molecule has 0 saturated carbocycles. The smallest absolute Gasteiger partial charge is 0.0484 e. The molecule has 1 aliphatic heterocycles. The summed E-state index contributed by atoms with van der Waals surface area (Å²) in [5.41, 5.74) is 6.27. The molecule has 0 amide bonds. The average Bonchev–Trinajstić information content (AvgIpc) is 2.18. The van der Waals surface area contributed by atoms with Crippen LogP contribution in [0.3, 0.4) is 0 Å². The topological polar surface area (TPSA) is 47.7 Å². The van der Waals surface area contributed by atoms with E-state index in [1.54, 1.807) is 7.11 Å². The van der Waals surface area contributed by atoms with Crippen molar-refractivity contribution in [3.05, 3.63) is 0 Å². The van der Waals surface area contributed by atoms with Gasteiger partial charge < -0.3 is 20.1 Å². The van der Waals surface area contributed by atoms with Gasteiger partial charge in [-0.15, -0.1) is 0 Å². The number of ether oxygens (including phenoxy) is 2. The minimum absolute atomic E-state index is 0.0416. The average molecular weight is 216 g/mol. The van der Waals surface area contributed by atoms with Crippen LogP contribution < -0.4 is 5.73 Å². The molecule has 1 heterocycles. The van der Waals surface area contributed by atoms with Crippen LogP contribution in [0.2, 0.25) is 0 Å². The zero-order valence-electron chi connectivity index (χ0n) is 10.00. The summed E-state index contributed by atoms with van der Waals surface area (Å²) in [7, 11) is 3.86. The molecule has 1 aliphatic rings. The van der Waals surface area contributed by atoms with Crippen molar-refractivity contribution in [3.63, 3.8) is 0 Å². The summed E-state index contributed by atoms with van der Waals surface area (Å²) >= 11 is 0. The third-order valence-electron chi connectivity index (χ3n) is 2.96. The number of hydrogen-bond donors (Lipinski definition) is 1. The van der Waals surface area contributed by atoms with Crippen molar-refractivity contribution in [1.29, 1.82) is 0 Å². The summed E-state index contributed by atoms with van der Waals surface area (Å²) in [5, 5.41) is 0. The molecule has 90 valence electrons. The molecule has 0 atom stereocenters. The molecular formula is C11H24N2O2. The molecule has 1 saturated heterocycles. The normalized spacial score (nSPS) is 20.8. The van der Waals surface area contributed by atoms with E-state index < -0.39 is 0 Å². The summed E-state index contributed by atoms with van der Waals surface area (Å²) in [6.45, 7) is 4.45. The first kappa shape index (κ1) is 12.9. The van der Waals surface area contributed by atoms with Gasteiger partial charge in [-0.3, -0.25) is 0 Å². The monoisotopic (exact) mass is 216 g/mol. The number of rotatable bonds is 6. The van der Waals surface area contributed by atoms with Crippen molar-refractivity contribution in [2.45, 2.75) is 24.8 Å². The van der Waals surface area contributed by atoms with Crippen molar-refractivity contribution in [3.8, 4) is 0 Å². The predicted molar refractivity (Wildman–Crippen MR) is 61.0 cm³/mol. The van der Waals surface area contributed by atoms with Crippen LogP contribution in [0.5, 0.6) is 0 Å². The Labute approximate surface area is 92.7 Å². The minimum Gasteiger partial charge on any atom is -0.385 e. The minimum atomic E-state index is -0.0416. The summed E-state index contributed by atoms with van der Waals surface area (Å²) in [4.78, 5) is 2.30. The first-order chi connectivity index (χ1) is 7.16. The van der Waals surface area contributed by atoms with Crippen LogP contribution in [0, 0.1) is 0 Å². The predicted octanol–water partition coefficient (Wildman–Crippen LogP) is 0.463. The second-order valence-corrected chi connectivity index (χ2v) is 4.56. The number of methoxy groups -OCH3 is 1. The fourth-order valence-corrected chi connectivity index (χ4v) is 2.03. The van der Waals surface area contributed by atoms with Gasteiger partial charge in [-0.05, 0) is 26.3 Å². The molecule has 4 nitrogen and oxygen atoms in total. The third kappa shape index (κ3) is 4.93. The summed E-state index contributed by atoms with van der Waals surface area (Å²) in [6, 6.07) is 0. The van der Waals surface area contributed by atoms with E-state index in [2.05, 4.69) is 11.9 Å². The van der Waals surface area contributed by atoms with Gasteiger partial charge in [0.25, 0.3) is 0 Å². The van der Waals surface area contributed by atoms with Crippen LogP contribution in [0.25, 0.3) is 0 Å². The first-order valence-corrected chi connectivity index (χ1v) is 5.70. The second-order valence-electron chi connectivity index (χ2n) is 4.56. The van der Waals surface area contributed by atoms with Crippen molar-refractivity contribution in [1.82, 2.24) is 4.90 Å². The maximum Gasteiger partial charge on any atom is 0.0484 e. The van der Waals surface area contributed by atoms with Gasteiger partial charge in [-0.1, -0.05) is 0 Å². The molecule has 0 radical (unpaired) electrons. The highest BCUT2D eigenvalue weighted by atomic mass is 16.5. The molecule has 0 bridgehead atoms. The van der Waals surface area contributed by atoms with Crippen molar-refractivity contribution in [2.75, 3.05) is 47.1 Å². The molecule has 15 heavy (non-hydrogen) atoms. The molecule has 1 rings (SSSR count). The highest BCUT2D eigenvalue weighted by Crippen LogP contribution is 2.18. The van der Waals surface area contributed by atoms with E-state index in [1.165, 1.54) is 0 Å². The van der Waals surface area contributed by atoms with E-state index in [1.807, 2.05) is 0 Å². The van der Waals surface area contributed by atoms with Crippen LogP contribution in [-0.2, 0) is 9.47 Å². The van der Waals surface area contributed by atoms with Crippen molar-refractivity contribution >= 4 is 0 Å². The Hall–Kier alpha value is -0.160. The summed E-state index contributed by atoms with van der Waals surface area (Å²) < 4.78 is 10.4. The lowest BCUT2D eigenvalue weighted by Crippen LogP contribution is -2.52. The summed E-state index contributed by atoms with van der Waals surface area (Å²) in [5.74, 6) is 0. The lowest BCUT2D eigenvalue weighted by Gasteiger charge is -2.36. The molecule has 0 aliphatic carbocycles. The van der Waals surface area contributed by atoms with E-state index in [0.29, 0.717) is 0 Å². The lowest BCUT2D eigenvalue weighted by molar-refractivity contribution is 0.0401. The molecule has 0 unspecified atom stereocenters. The standard InChI is InChI=1S/C11H24N2O2/c1-13(6-3-7-14-2)10-11(12)4-8-15-9-5-11/h3-10,12H2,1-2H3. The van der Waals surface area contributed by atoms with Crippen LogP contribution in [-0.4, -0.2) is 57.5 Å². The van der Waals surface area contributed by atoms with Gasteiger partial charge in [0.1, 0.15) is 0 Å². The maximum atomic E-state index is 6.31. The highest BCUT2D eigenvalue weighted by molar-refractivity contribution is 4.88. The van der Waals surface area contributed by atoms with E-state index in [4.69, 9.17) is 15.2 Å². The van der Waals surface area contributed by atoms with E-state index in [0.717, 1.165) is 52.2 Å². The molecule has 0 aromatic carbocycles. The Kier molecular flexibility index (Phi) is 5.53. The Morgan fingerprint density at radius 1 is 1.40 bits per heavy atom. The van der Waals surface area contributed by atoms with Gasteiger partial charge in [-0.25, -0.2) is 0 Å². The van der Waals surface area contributed by atoms with Crippen LogP contribution in [0.4, 0.5) is 0 Å². The fourth-order valence-electron chi connectivity index (χ4n) is 2.03. The second kappa shape index (κ2) is 6.43. The van der Waals surface area contributed by atoms with Crippen LogP contribution in [0.15, 0.2) is 0 Å². The van der Waals surface area contributed by atoms with Gasteiger partial charge in [0.05, 0.1) is 0 Å². The van der Waals surface area contributed by atoms with E-state index in [-0.39, 0.29) is 5.54 Å². The molecule has 0 spiro atoms. The van der Waals surface area contributed by atoms with Gasteiger partial charge in [0, 0.05) is 45.6 Å². The maximum absolute atomic E-state index is 6.31. The van der Waals surface area contributed by atoms with E-state index >= 15 is 0 Å². The zero-order chi connectivity index (χ0) is 11.1. The van der Waals surface area contributed by atoms with Gasteiger partial charge >= 0.3 is 0 Å². The number of nitrogens with zero attached hydrogens (tertiary/aromatic N) is 1. The lowest BCUT2D eigenvalue weighted by atomic mass is 9.91. The zero-order valence-corrected chi connectivity index (χ0v) is 10.00. The Morgan fingerprint density at radius 3 is 2.67 bits per heavy atom. The quantitative estimate of drug-likeness (QED) is 0.655. The van der Waals surface area contributed by atoms with E-state index in [9.17, 15) is 0 Å². The van der Waals surface area contributed by atoms with Crippen molar-refractivity contribution in [2.24, 2.45) is 5.73 Å². The number of likely N-dealkylation sites (N-methyl/N-ethyl adjacent to an activating group) is 1. The summed E-state index contributed by atoms with van der Waals surface area (Å²) in [6.07, 6.45) is 3.02. The first-order valence-electron chi connectivity index (χ1n) is 5.70. The van der Waals surface area contributed by atoms with Crippen molar-refractivity contribution < 1.29 is 9.47 Å². The Morgan fingerprint density at radius 2 is 2.07 bits per heavy atom. The third-order valence-corrected chi connectivity index (χ3v) is 2.96.